The Morgan fingerprint density at radius 2 is 2.07 bits per heavy atom. The number of halogens is 3. The molecular formula is C19H24F3N5O3. The van der Waals surface area contributed by atoms with Crippen molar-refractivity contribution in [3.8, 4) is 0 Å². The molecule has 3 aliphatic heterocycles. The number of nitrogens with zero attached hydrogens (tertiary/aromatic N) is 4. The number of likely N-dealkylation sites (tertiary alicyclic amines) is 2. The number of hydrogen-bond acceptors (Lipinski definition) is 4. The van der Waals surface area contributed by atoms with Crippen LogP contribution in [0.1, 0.15) is 25.0 Å². The molecular weight excluding hydrogens is 403 g/mol. The smallest absolute Gasteiger partial charge is 0.366 e. The second-order valence-electron chi connectivity index (χ2n) is 9.09. The number of carbonyl (C=O) groups is 2. The molecule has 1 N–H and O–H groups in total. The maximum absolute atomic E-state index is 12.8. The van der Waals surface area contributed by atoms with Gasteiger partial charge in [0.1, 0.15) is 6.61 Å². The van der Waals surface area contributed by atoms with Crippen LogP contribution in [0.25, 0.3) is 0 Å². The maximum atomic E-state index is 12.8. The van der Waals surface area contributed by atoms with Crippen molar-refractivity contribution in [3.63, 3.8) is 0 Å². The van der Waals surface area contributed by atoms with Crippen molar-refractivity contribution >= 4 is 11.9 Å². The topological polar surface area (TPSA) is 79.7 Å². The number of morpholine rings is 1. The van der Waals surface area contributed by atoms with Crippen molar-refractivity contribution in [1.29, 1.82) is 0 Å². The van der Waals surface area contributed by atoms with Gasteiger partial charge < -0.3 is 19.9 Å². The first-order valence-corrected chi connectivity index (χ1v) is 10.3. The predicted molar refractivity (Wildman–Crippen MR) is 97.2 cm³/mol. The molecule has 4 heterocycles. The minimum absolute atomic E-state index is 0.00996. The Balaban J connectivity index is 1.08. The number of rotatable bonds is 2. The molecule has 0 unspecified atom stereocenters. The van der Waals surface area contributed by atoms with E-state index in [2.05, 4.69) is 10.4 Å². The largest absolute Gasteiger partial charge is 0.435 e. The van der Waals surface area contributed by atoms with Crippen LogP contribution in [0.3, 0.4) is 0 Å². The molecule has 8 nitrogen and oxygen atoms in total. The number of fused-ring (bicyclic) bond motifs is 1. The number of nitrogens with one attached hydrogen (secondary N) is 1. The number of carbonyl (C=O) groups excluding carboxylic acids is 2. The van der Waals surface area contributed by atoms with E-state index in [-0.39, 0.29) is 42.0 Å². The van der Waals surface area contributed by atoms with Gasteiger partial charge in [0.15, 0.2) is 5.69 Å². The summed E-state index contributed by atoms with van der Waals surface area (Å²) in [5, 5.41) is 6.52. The Bertz CT molecular complexity index is 843. The highest BCUT2D eigenvalue weighted by Gasteiger charge is 2.54. The van der Waals surface area contributed by atoms with Gasteiger partial charge in [-0.25, -0.2) is 4.79 Å². The zero-order valence-corrected chi connectivity index (χ0v) is 16.4. The molecule has 164 valence electrons. The third-order valence-electron chi connectivity index (χ3n) is 6.74. The van der Waals surface area contributed by atoms with Gasteiger partial charge in [0.05, 0.1) is 12.1 Å². The number of urea groups is 1. The lowest BCUT2D eigenvalue weighted by Crippen LogP contribution is -2.68. The minimum atomic E-state index is -4.41. The van der Waals surface area contributed by atoms with Crippen molar-refractivity contribution < 1.29 is 27.5 Å². The van der Waals surface area contributed by atoms with Gasteiger partial charge in [0.25, 0.3) is 0 Å². The van der Waals surface area contributed by atoms with Gasteiger partial charge in [-0.2, -0.15) is 18.3 Å². The summed E-state index contributed by atoms with van der Waals surface area (Å²) in [6.07, 6.45) is -0.563. The highest BCUT2D eigenvalue weighted by molar-refractivity contribution is 5.79. The SMILES string of the molecule is O=C1CO[C@H]2CCN(C(=O)N3CC4(CC(Cn5ccc(C(F)(F)F)n5)C4)C3)C[C@H]2N1. The quantitative estimate of drug-likeness (QED) is 0.772. The molecule has 4 aliphatic rings. The molecule has 0 radical (unpaired) electrons. The zero-order valence-electron chi connectivity index (χ0n) is 16.4. The molecule has 0 bridgehead atoms. The number of ether oxygens (including phenoxy) is 1. The van der Waals surface area contributed by atoms with Gasteiger partial charge in [0.2, 0.25) is 5.91 Å². The van der Waals surface area contributed by atoms with Gasteiger partial charge >= 0.3 is 12.2 Å². The van der Waals surface area contributed by atoms with Crippen LogP contribution in [0.5, 0.6) is 0 Å². The third-order valence-corrected chi connectivity index (χ3v) is 6.74. The van der Waals surface area contributed by atoms with Crippen LogP contribution >= 0.6 is 0 Å². The molecule has 5 rings (SSSR count). The van der Waals surface area contributed by atoms with Crippen LogP contribution in [0.15, 0.2) is 12.3 Å². The first-order valence-electron chi connectivity index (χ1n) is 10.3. The van der Waals surface area contributed by atoms with Crippen molar-refractivity contribution in [2.24, 2.45) is 11.3 Å². The summed E-state index contributed by atoms with van der Waals surface area (Å²) in [5.41, 5.74) is -0.763. The normalized spacial score (nSPS) is 28.6. The molecule has 1 aromatic heterocycles. The van der Waals surface area contributed by atoms with E-state index in [1.165, 1.54) is 10.9 Å². The molecule has 1 spiro atoms. The van der Waals surface area contributed by atoms with E-state index in [4.69, 9.17) is 4.74 Å². The van der Waals surface area contributed by atoms with Crippen LogP contribution in [0.4, 0.5) is 18.0 Å². The lowest BCUT2D eigenvalue weighted by Gasteiger charge is -2.59. The molecule has 3 amide bonds. The van der Waals surface area contributed by atoms with E-state index in [0.717, 1.165) is 18.9 Å². The Hall–Kier alpha value is -2.30. The molecule has 1 aliphatic carbocycles. The molecule has 1 saturated carbocycles. The van der Waals surface area contributed by atoms with E-state index >= 15 is 0 Å². The lowest BCUT2D eigenvalue weighted by molar-refractivity contribution is -0.142. The monoisotopic (exact) mass is 427 g/mol. The van der Waals surface area contributed by atoms with E-state index < -0.39 is 11.9 Å². The molecule has 4 fully saturated rings. The average molecular weight is 427 g/mol. The van der Waals surface area contributed by atoms with Crippen LogP contribution in [0.2, 0.25) is 0 Å². The molecule has 11 heteroatoms. The van der Waals surface area contributed by atoms with Crippen LogP contribution < -0.4 is 5.32 Å². The first-order chi connectivity index (χ1) is 14.2. The second-order valence-corrected chi connectivity index (χ2v) is 9.09. The fourth-order valence-electron chi connectivity index (χ4n) is 5.40. The van der Waals surface area contributed by atoms with Gasteiger partial charge in [-0.05, 0) is 31.2 Å². The van der Waals surface area contributed by atoms with E-state index in [1.807, 2.05) is 4.90 Å². The Kier molecular flexibility index (Phi) is 4.49. The first kappa shape index (κ1) is 19.7. The third kappa shape index (κ3) is 3.52. The summed E-state index contributed by atoms with van der Waals surface area (Å²) in [7, 11) is 0. The highest BCUT2D eigenvalue weighted by Crippen LogP contribution is 2.52. The van der Waals surface area contributed by atoms with Crippen molar-refractivity contribution in [2.75, 3.05) is 32.8 Å². The number of amides is 3. The van der Waals surface area contributed by atoms with Crippen LogP contribution in [-0.2, 0) is 22.3 Å². The number of aromatic nitrogens is 2. The molecule has 3 saturated heterocycles. The van der Waals surface area contributed by atoms with E-state index in [9.17, 15) is 22.8 Å². The summed E-state index contributed by atoms with van der Waals surface area (Å²) < 4.78 is 44.9. The summed E-state index contributed by atoms with van der Waals surface area (Å²) >= 11 is 0. The lowest BCUT2D eigenvalue weighted by atomic mass is 9.58. The molecule has 1 aromatic rings. The van der Waals surface area contributed by atoms with Crippen molar-refractivity contribution in [2.45, 2.75) is 44.1 Å². The van der Waals surface area contributed by atoms with E-state index in [1.54, 1.807) is 4.90 Å². The summed E-state index contributed by atoms with van der Waals surface area (Å²) in [6, 6.07) is 0.841. The molecule has 30 heavy (non-hydrogen) atoms. The average Bonchev–Trinajstić information content (AvgIpc) is 3.10. The van der Waals surface area contributed by atoms with Gasteiger partial charge in [-0.1, -0.05) is 0 Å². The maximum Gasteiger partial charge on any atom is 0.435 e. The predicted octanol–water partition coefficient (Wildman–Crippen LogP) is 1.32. The summed E-state index contributed by atoms with van der Waals surface area (Å²) in [5.74, 6) is 0.141. The number of piperidine rings is 1. The van der Waals surface area contributed by atoms with Crippen molar-refractivity contribution in [1.82, 2.24) is 24.9 Å². The van der Waals surface area contributed by atoms with E-state index in [0.29, 0.717) is 39.1 Å². The van der Waals surface area contributed by atoms with Gasteiger partial charge in [0, 0.05) is 44.3 Å². The van der Waals surface area contributed by atoms with Crippen LogP contribution in [-0.4, -0.2) is 76.5 Å². The second kappa shape index (κ2) is 6.86. The standard InChI is InChI=1S/C19H24F3N5O3/c20-19(21,22)15-2-4-27(24-15)7-12-5-18(6-12)10-26(11-18)17(29)25-3-1-14-13(8-25)23-16(28)9-30-14/h2,4,12-14H,1,3,5-11H2,(H,23,28)/t13-,14+/m1/s1. The van der Waals surface area contributed by atoms with Crippen molar-refractivity contribution in [3.05, 3.63) is 18.0 Å². The summed E-state index contributed by atoms with van der Waals surface area (Å²) in [4.78, 5) is 27.9. The molecule has 2 atom stereocenters. The minimum Gasteiger partial charge on any atom is -0.366 e. The fourth-order valence-corrected chi connectivity index (χ4v) is 5.40. The van der Waals surface area contributed by atoms with Crippen LogP contribution in [0, 0.1) is 11.3 Å². The molecule has 0 aromatic carbocycles. The highest BCUT2D eigenvalue weighted by atomic mass is 19.4. The number of hydrogen-bond donors (Lipinski definition) is 1. The summed E-state index contributed by atoms with van der Waals surface area (Å²) in [6.45, 7) is 3.00. The van der Waals surface area contributed by atoms with Gasteiger partial charge in [-0.15, -0.1) is 0 Å². The fraction of sp³-hybridized carbons (Fsp3) is 0.737. The zero-order chi connectivity index (χ0) is 21.1. The number of alkyl halides is 3. The Labute approximate surface area is 171 Å². The Morgan fingerprint density at radius 3 is 2.77 bits per heavy atom. The van der Waals surface area contributed by atoms with Gasteiger partial charge in [-0.3, -0.25) is 9.48 Å². The Morgan fingerprint density at radius 1 is 1.30 bits per heavy atom.